The van der Waals surface area contributed by atoms with Crippen LogP contribution in [0.3, 0.4) is 0 Å². The molecule has 10 nitrogen and oxygen atoms in total. The minimum Gasteiger partial charge on any atom is -0.497 e. The average Bonchev–Trinajstić information content (AvgIpc) is 3.35. The molecule has 1 aromatic carbocycles. The fraction of sp³-hybridized carbons (Fsp3) is 0.600. The van der Waals surface area contributed by atoms with Crippen molar-refractivity contribution >= 4 is 29.0 Å². The van der Waals surface area contributed by atoms with Crippen LogP contribution in [-0.4, -0.2) is 95.4 Å². The summed E-state index contributed by atoms with van der Waals surface area (Å²) in [5, 5.41) is 0.777. The molecule has 0 aliphatic carbocycles. The number of hydrogen-bond acceptors (Lipinski definition) is 7. The van der Waals surface area contributed by atoms with Crippen LogP contribution >= 0.6 is 0 Å². The molecule has 13 heteroatoms. The normalized spacial score (nSPS) is 20.9. The molecule has 0 N–H and O–H groups in total. The van der Waals surface area contributed by atoms with E-state index in [-0.39, 0.29) is 50.5 Å². The highest BCUT2D eigenvalue weighted by Gasteiger charge is 2.45. The molecular weight excluding hydrogens is 569 g/mol. The molecule has 3 amide bonds. The zero-order valence-corrected chi connectivity index (χ0v) is 24.8. The Morgan fingerprint density at radius 3 is 2.23 bits per heavy atom. The number of benzene rings is 1. The van der Waals surface area contributed by atoms with Gasteiger partial charge < -0.3 is 28.9 Å². The Hall–Kier alpha value is -3.77. The van der Waals surface area contributed by atoms with Crippen molar-refractivity contribution in [3.8, 4) is 5.75 Å². The van der Waals surface area contributed by atoms with Crippen LogP contribution in [0.15, 0.2) is 24.3 Å². The zero-order chi connectivity index (χ0) is 31.1. The lowest BCUT2D eigenvalue weighted by molar-refractivity contribution is -0.186. The van der Waals surface area contributed by atoms with Crippen molar-refractivity contribution in [1.29, 1.82) is 0 Å². The predicted molar refractivity (Wildman–Crippen MR) is 150 cm³/mol. The van der Waals surface area contributed by atoms with E-state index in [0.29, 0.717) is 31.7 Å². The van der Waals surface area contributed by atoms with Crippen LogP contribution in [0.25, 0.3) is 10.9 Å². The lowest BCUT2D eigenvalue weighted by Gasteiger charge is -2.35. The number of ether oxygens (including phenoxy) is 3. The molecule has 3 fully saturated rings. The number of methoxy groups -OCH3 is 1. The molecule has 3 saturated heterocycles. The zero-order valence-electron chi connectivity index (χ0n) is 24.8. The number of rotatable bonds is 4. The van der Waals surface area contributed by atoms with Gasteiger partial charge in [0.1, 0.15) is 17.5 Å². The SMILES string of the molecule is COc1ccc2nc(C3CCN(C(=O)OC(C)(C)C)CC3)cc([C@H]3CN(C4CCN(C(=O)C(F)(F)F)CC4)C(=O)O3)c2c1. The molecule has 2 aromatic rings. The van der Waals surface area contributed by atoms with Crippen molar-refractivity contribution in [2.45, 2.75) is 76.3 Å². The first-order valence-corrected chi connectivity index (χ1v) is 14.5. The Morgan fingerprint density at radius 1 is 0.977 bits per heavy atom. The lowest BCUT2D eigenvalue weighted by Crippen LogP contribution is -2.50. The molecule has 4 heterocycles. The third-order valence-corrected chi connectivity index (χ3v) is 8.25. The quantitative estimate of drug-likeness (QED) is 0.459. The number of alkyl halides is 3. The van der Waals surface area contributed by atoms with Gasteiger partial charge in [0.25, 0.3) is 0 Å². The van der Waals surface area contributed by atoms with Gasteiger partial charge in [-0.2, -0.15) is 13.2 Å². The number of carbonyl (C=O) groups excluding carboxylic acids is 3. The molecule has 0 spiro atoms. The Labute approximate surface area is 248 Å². The highest BCUT2D eigenvalue weighted by Crippen LogP contribution is 2.38. The van der Waals surface area contributed by atoms with Gasteiger partial charge in [0.15, 0.2) is 0 Å². The third-order valence-electron chi connectivity index (χ3n) is 8.25. The molecule has 0 unspecified atom stereocenters. The van der Waals surface area contributed by atoms with E-state index in [1.807, 2.05) is 45.0 Å². The van der Waals surface area contributed by atoms with E-state index in [1.54, 1.807) is 16.9 Å². The van der Waals surface area contributed by atoms with Crippen molar-refractivity contribution in [2.24, 2.45) is 0 Å². The fourth-order valence-electron chi connectivity index (χ4n) is 6.04. The van der Waals surface area contributed by atoms with Crippen molar-refractivity contribution in [3.63, 3.8) is 0 Å². The Balaban J connectivity index is 1.34. The second-order valence-electron chi connectivity index (χ2n) is 12.3. The van der Waals surface area contributed by atoms with Gasteiger partial charge in [-0.3, -0.25) is 9.78 Å². The fourth-order valence-corrected chi connectivity index (χ4v) is 6.04. The maximum atomic E-state index is 13.0. The first kappa shape index (κ1) is 30.7. The highest BCUT2D eigenvalue weighted by molar-refractivity contribution is 5.85. The molecule has 0 saturated carbocycles. The number of piperidine rings is 2. The van der Waals surface area contributed by atoms with Gasteiger partial charge >= 0.3 is 24.3 Å². The van der Waals surface area contributed by atoms with Crippen molar-refractivity contribution in [1.82, 2.24) is 19.7 Å². The van der Waals surface area contributed by atoms with Gasteiger partial charge in [-0.1, -0.05) is 0 Å². The summed E-state index contributed by atoms with van der Waals surface area (Å²) in [6.07, 6.45) is -4.56. The topological polar surface area (TPSA) is 102 Å². The van der Waals surface area contributed by atoms with Gasteiger partial charge in [-0.15, -0.1) is 0 Å². The summed E-state index contributed by atoms with van der Waals surface area (Å²) in [6, 6.07) is 7.15. The number of nitrogens with zero attached hydrogens (tertiary/aromatic N) is 4. The van der Waals surface area contributed by atoms with Gasteiger partial charge in [-0.25, -0.2) is 9.59 Å². The van der Waals surface area contributed by atoms with Crippen LogP contribution in [0, 0.1) is 0 Å². The van der Waals surface area contributed by atoms with E-state index in [4.69, 9.17) is 19.2 Å². The standard InChI is InChI=1S/C30H37F3N4O6/c1-29(2,3)43-27(39)36-11-7-18(8-12-36)24-16-22(21-15-20(41-4)5-6-23(21)34-24)25-17-37(28(40)42-25)19-9-13-35(14-10-19)26(38)30(31,32)33/h5-6,15-16,18-19,25H,7-14,17H2,1-4H3/t25-/m1/s1. The number of halogens is 3. The first-order chi connectivity index (χ1) is 20.2. The second kappa shape index (κ2) is 11.7. The van der Waals surface area contributed by atoms with E-state index >= 15 is 0 Å². The molecule has 3 aliphatic rings. The van der Waals surface area contributed by atoms with E-state index in [0.717, 1.165) is 27.1 Å². The maximum Gasteiger partial charge on any atom is 0.471 e. The highest BCUT2D eigenvalue weighted by atomic mass is 19.4. The van der Waals surface area contributed by atoms with E-state index in [9.17, 15) is 27.6 Å². The lowest BCUT2D eigenvalue weighted by atomic mass is 9.90. The number of amides is 3. The largest absolute Gasteiger partial charge is 0.497 e. The Kier molecular flexibility index (Phi) is 8.36. The smallest absolute Gasteiger partial charge is 0.471 e. The van der Waals surface area contributed by atoms with Gasteiger partial charge in [0, 0.05) is 54.8 Å². The van der Waals surface area contributed by atoms with Crippen molar-refractivity contribution in [3.05, 3.63) is 35.5 Å². The van der Waals surface area contributed by atoms with E-state index in [2.05, 4.69) is 0 Å². The summed E-state index contributed by atoms with van der Waals surface area (Å²) in [6.45, 7) is 6.62. The molecule has 0 radical (unpaired) electrons. The predicted octanol–water partition coefficient (Wildman–Crippen LogP) is 5.40. The molecule has 5 rings (SSSR count). The van der Waals surface area contributed by atoms with E-state index < -0.39 is 29.9 Å². The summed E-state index contributed by atoms with van der Waals surface area (Å²) in [5.74, 6) is -1.15. The van der Waals surface area contributed by atoms with Gasteiger partial charge in [0.2, 0.25) is 0 Å². The minimum absolute atomic E-state index is 0.0765. The molecule has 3 aliphatic heterocycles. The summed E-state index contributed by atoms with van der Waals surface area (Å²) in [7, 11) is 1.56. The number of pyridine rings is 1. The number of cyclic esters (lactones) is 1. The van der Waals surface area contributed by atoms with Gasteiger partial charge in [0.05, 0.1) is 19.2 Å². The number of aromatic nitrogens is 1. The van der Waals surface area contributed by atoms with Crippen molar-refractivity contribution < 1.29 is 41.8 Å². The molecule has 1 aromatic heterocycles. The Bertz CT molecular complexity index is 1380. The van der Waals surface area contributed by atoms with Gasteiger partial charge in [-0.05, 0) is 70.7 Å². The molecule has 234 valence electrons. The Morgan fingerprint density at radius 2 is 1.63 bits per heavy atom. The maximum absolute atomic E-state index is 13.0. The molecule has 0 bridgehead atoms. The monoisotopic (exact) mass is 606 g/mol. The summed E-state index contributed by atoms with van der Waals surface area (Å²) >= 11 is 0. The molecule has 43 heavy (non-hydrogen) atoms. The second-order valence-corrected chi connectivity index (χ2v) is 12.3. The molecular formula is C30H37F3N4O6. The summed E-state index contributed by atoms with van der Waals surface area (Å²) in [4.78, 5) is 46.2. The van der Waals surface area contributed by atoms with Crippen LogP contribution < -0.4 is 4.74 Å². The van der Waals surface area contributed by atoms with Crippen molar-refractivity contribution in [2.75, 3.05) is 39.8 Å². The van der Waals surface area contributed by atoms with Crippen LogP contribution in [0.4, 0.5) is 22.8 Å². The molecule has 1 atom stereocenters. The number of likely N-dealkylation sites (tertiary alicyclic amines) is 2. The number of carbonyl (C=O) groups is 3. The van der Waals surface area contributed by atoms with E-state index in [1.165, 1.54) is 0 Å². The first-order valence-electron chi connectivity index (χ1n) is 14.5. The van der Waals surface area contributed by atoms with Crippen LogP contribution in [0.1, 0.15) is 69.7 Å². The summed E-state index contributed by atoms with van der Waals surface area (Å²) in [5.41, 5.74) is 1.75. The third kappa shape index (κ3) is 6.75. The summed E-state index contributed by atoms with van der Waals surface area (Å²) < 4.78 is 55.5. The minimum atomic E-state index is -4.92. The van der Waals surface area contributed by atoms with Crippen LogP contribution in [0.5, 0.6) is 5.75 Å². The number of hydrogen-bond donors (Lipinski definition) is 0. The van der Waals surface area contributed by atoms with Crippen LogP contribution in [-0.2, 0) is 14.3 Å². The van der Waals surface area contributed by atoms with Crippen LogP contribution in [0.2, 0.25) is 0 Å². The average molecular weight is 607 g/mol. The number of fused-ring (bicyclic) bond motifs is 1.